The van der Waals surface area contributed by atoms with Crippen LogP contribution in [0.2, 0.25) is 0 Å². The predicted octanol–water partition coefficient (Wildman–Crippen LogP) is 3.95. The quantitative estimate of drug-likeness (QED) is 0.875. The molecule has 2 rings (SSSR count). The molecule has 0 saturated carbocycles. The largest absolute Gasteiger partial charge is 0.327 e. The van der Waals surface area contributed by atoms with E-state index >= 15 is 0 Å². The molecular formula is C18H22FN. The minimum Gasteiger partial charge on any atom is -0.327 e. The third kappa shape index (κ3) is 3.91. The van der Waals surface area contributed by atoms with E-state index in [1.807, 2.05) is 13.0 Å². The first-order valence-electron chi connectivity index (χ1n) is 7.11. The van der Waals surface area contributed by atoms with Crippen molar-refractivity contribution in [3.05, 3.63) is 70.5 Å². The van der Waals surface area contributed by atoms with Gasteiger partial charge in [-0.15, -0.1) is 0 Å². The lowest BCUT2D eigenvalue weighted by molar-refractivity contribution is 0.602. The van der Waals surface area contributed by atoms with Crippen molar-refractivity contribution in [2.75, 3.05) is 0 Å². The molecule has 20 heavy (non-hydrogen) atoms. The second kappa shape index (κ2) is 6.67. The molecule has 0 saturated heterocycles. The Morgan fingerprint density at radius 1 is 1.00 bits per heavy atom. The van der Waals surface area contributed by atoms with Gasteiger partial charge in [0.2, 0.25) is 0 Å². The number of halogens is 1. The van der Waals surface area contributed by atoms with E-state index in [0.29, 0.717) is 0 Å². The molecule has 0 heterocycles. The molecule has 106 valence electrons. The summed E-state index contributed by atoms with van der Waals surface area (Å²) < 4.78 is 13.1. The smallest absolute Gasteiger partial charge is 0.123 e. The van der Waals surface area contributed by atoms with Crippen molar-refractivity contribution in [3.8, 4) is 0 Å². The van der Waals surface area contributed by atoms with E-state index in [2.05, 4.69) is 31.2 Å². The Labute approximate surface area is 120 Å². The van der Waals surface area contributed by atoms with Crippen molar-refractivity contribution in [1.29, 1.82) is 0 Å². The summed E-state index contributed by atoms with van der Waals surface area (Å²) in [5.41, 5.74) is 11.0. The summed E-state index contributed by atoms with van der Waals surface area (Å²) in [5, 5.41) is 0. The van der Waals surface area contributed by atoms with Gasteiger partial charge in [0.25, 0.3) is 0 Å². The molecule has 0 spiro atoms. The second-order valence-corrected chi connectivity index (χ2v) is 5.50. The zero-order chi connectivity index (χ0) is 14.5. The average Bonchev–Trinajstić information content (AvgIpc) is 2.41. The maximum atomic E-state index is 13.1. The van der Waals surface area contributed by atoms with Crippen LogP contribution >= 0.6 is 0 Å². The van der Waals surface area contributed by atoms with E-state index in [0.717, 1.165) is 30.4 Å². The van der Waals surface area contributed by atoms with Gasteiger partial charge < -0.3 is 5.73 Å². The standard InChI is InChI=1S/C18H22FN/c1-13-5-3-4-6-15(13)8-10-18(20)12-16-7-9-17(19)11-14(16)2/h3-7,9,11,18H,8,10,12,20H2,1-2H3. The van der Waals surface area contributed by atoms with Gasteiger partial charge in [-0.2, -0.15) is 0 Å². The van der Waals surface area contributed by atoms with Gasteiger partial charge in [0.15, 0.2) is 0 Å². The van der Waals surface area contributed by atoms with Gasteiger partial charge in [0, 0.05) is 6.04 Å². The number of nitrogens with two attached hydrogens (primary N) is 1. The molecule has 0 bridgehead atoms. The van der Waals surface area contributed by atoms with Crippen LogP contribution in [0.15, 0.2) is 42.5 Å². The highest BCUT2D eigenvalue weighted by Gasteiger charge is 2.08. The molecular weight excluding hydrogens is 249 g/mol. The SMILES string of the molecule is Cc1ccccc1CCC(N)Cc1ccc(F)cc1C. The number of hydrogen-bond donors (Lipinski definition) is 1. The molecule has 0 fully saturated rings. The first-order valence-corrected chi connectivity index (χ1v) is 7.11. The topological polar surface area (TPSA) is 26.0 Å². The summed E-state index contributed by atoms with van der Waals surface area (Å²) >= 11 is 0. The van der Waals surface area contributed by atoms with Gasteiger partial charge in [0.1, 0.15) is 5.82 Å². The monoisotopic (exact) mass is 271 g/mol. The molecule has 0 aliphatic heterocycles. The molecule has 0 aliphatic carbocycles. The Hall–Kier alpha value is -1.67. The highest BCUT2D eigenvalue weighted by Crippen LogP contribution is 2.15. The summed E-state index contributed by atoms with van der Waals surface area (Å²) in [4.78, 5) is 0. The fourth-order valence-corrected chi connectivity index (χ4v) is 2.50. The lowest BCUT2D eigenvalue weighted by Crippen LogP contribution is -2.24. The van der Waals surface area contributed by atoms with E-state index in [-0.39, 0.29) is 11.9 Å². The zero-order valence-electron chi connectivity index (χ0n) is 12.2. The maximum absolute atomic E-state index is 13.1. The van der Waals surface area contributed by atoms with E-state index in [4.69, 9.17) is 5.73 Å². The molecule has 1 nitrogen and oxygen atoms in total. The number of rotatable bonds is 5. The number of hydrogen-bond acceptors (Lipinski definition) is 1. The third-order valence-electron chi connectivity index (χ3n) is 3.83. The number of benzene rings is 2. The Bertz CT molecular complexity index is 577. The number of aryl methyl sites for hydroxylation is 3. The molecule has 2 N–H and O–H groups in total. The van der Waals surface area contributed by atoms with E-state index < -0.39 is 0 Å². The molecule has 2 aromatic rings. The normalized spacial score (nSPS) is 12.4. The van der Waals surface area contributed by atoms with Crippen molar-refractivity contribution in [2.45, 2.75) is 39.2 Å². The van der Waals surface area contributed by atoms with Gasteiger partial charge in [-0.25, -0.2) is 4.39 Å². The van der Waals surface area contributed by atoms with Gasteiger partial charge in [0.05, 0.1) is 0 Å². The highest BCUT2D eigenvalue weighted by molar-refractivity contribution is 5.28. The predicted molar refractivity (Wildman–Crippen MR) is 82.3 cm³/mol. The molecule has 0 amide bonds. The molecule has 0 aliphatic rings. The van der Waals surface area contributed by atoms with Crippen LogP contribution in [0.3, 0.4) is 0 Å². The van der Waals surface area contributed by atoms with Gasteiger partial charge in [-0.3, -0.25) is 0 Å². The maximum Gasteiger partial charge on any atom is 0.123 e. The molecule has 2 aromatic carbocycles. The van der Waals surface area contributed by atoms with E-state index in [1.54, 1.807) is 6.07 Å². The van der Waals surface area contributed by atoms with Gasteiger partial charge in [-0.05, 0) is 67.5 Å². The Morgan fingerprint density at radius 3 is 2.45 bits per heavy atom. The van der Waals surface area contributed by atoms with E-state index in [1.165, 1.54) is 17.2 Å². The Kier molecular flexibility index (Phi) is 4.91. The van der Waals surface area contributed by atoms with Crippen molar-refractivity contribution < 1.29 is 4.39 Å². The Balaban J connectivity index is 1.92. The van der Waals surface area contributed by atoms with Crippen molar-refractivity contribution in [3.63, 3.8) is 0 Å². The third-order valence-corrected chi connectivity index (χ3v) is 3.83. The minimum atomic E-state index is -0.181. The molecule has 2 heteroatoms. The summed E-state index contributed by atoms with van der Waals surface area (Å²) in [7, 11) is 0. The van der Waals surface area contributed by atoms with E-state index in [9.17, 15) is 4.39 Å². The fraction of sp³-hybridized carbons (Fsp3) is 0.333. The van der Waals surface area contributed by atoms with Crippen LogP contribution in [0.4, 0.5) is 4.39 Å². The van der Waals surface area contributed by atoms with Crippen LogP contribution in [-0.4, -0.2) is 6.04 Å². The van der Waals surface area contributed by atoms with Crippen LogP contribution < -0.4 is 5.73 Å². The van der Waals surface area contributed by atoms with Crippen LogP contribution in [0.1, 0.15) is 28.7 Å². The van der Waals surface area contributed by atoms with Crippen LogP contribution in [0.5, 0.6) is 0 Å². The molecule has 1 atom stereocenters. The van der Waals surface area contributed by atoms with Crippen LogP contribution in [-0.2, 0) is 12.8 Å². The van der Waals surface area contributed by atoms with Crippen molar-refractivity contribution in [2.24, 2.45) is 5.73 Å². The second-order valence-electron chi connectivity index (χ2n) is 5.50. The first kappa shape index (κ1) is 14.7. The summed E-state index contributed by atoms with van der Waals surface area (Å²) in [6.07, 6.45) is 2.74. The van der Waals surface area contributed by atoms with Crippen LogP contribution in [0.25, 0.3) is 0 Å². The zero-order valence-corrected chi connectivity index (χ0v) is 12.2. The summed E-state index contributed by atoms with van der Waals surface area (Å²) in [6, 6.07) is 13.5. The lowest BCUT2D eigenvalue weighted by atomic mass is 9.96. The Morgan fingerprint density at radius 2 is 1.75 bits per heavy atom. The molecule has 0 radical (unpaired) electrons. The molecule has 1 unspecified atom stereocenters. The van der Waals surface area contributed by atoms with Crippen molar-refractivity contribution >= 4 is 0 Å². The van der Waals surface area contributed by atoms with Gasteiger partial charge >= 0.3 is 0 Å². The average molecular weight is 271 g/mol. The first-order chi connectivity index (χ1) is 9.56. The summed E-state index contributed by atoms with van der Waals surface area (Å²) in [6.45, 7) is 4.07. The van der Waals surface area contributed by atoms with Gasteiger partial charge in [-0.1, -0.05) is 30.3 Å². The van der Waals surface area contributed by atoms with Crippen LogP contribution in [0, 0.1) is 19.7 Å². The highest BCUT2D eigenvalue weighted by atomic mass is 19.1. The van der Waals surface area contributed by atoms with Crippen molar-refractivity contribution in [1.82, 2.24) is 0 Å². The molecule has 0 aromatic heterocycles. The lowest BCUT2D eigenvalue weighted by Gasteiger charge is -2.14. The summed E-state index contributed by atoms with van der Waals surface area (Å²) in [5.74, 6) is -0.181. The fourth-order valence-electron chi connectivity index (χ4n) is 2.50. The minimum absolute atomic E-state index is 0.110.